The van der Waals surface area contributed by atoms with Crippen LogP contribution in [0.3, 0.4) is 0 Å². The van der Waals surface area contributed by atoms with Crippen LogP contribution in [0.25, 0.3) is 0 Å². The molecule has 0 radical (unpaired) electrons. The zero-order valence-corrected chi connectivity index (χ0v) is 10.8. The SMILES string of the molecule is CCOCCCOc1cc(C)ccc1C(C)=O. The van der Waals surface area contributed by atoms with Crippen LogP contribution in [0.1, 0.15) is 36.2 Å². The number of benzene rings is 1. The molecule has 1 aromatic carbocycles. The standard InChI is InChI=1S/C14H20O3/c1-4-16-8-5-9-17-14-10-11(2)6-7-13(14)12(3)15/h6-7,10H,4-5,8-9H2,1-3H3. The van der Waals surface area contributed by atoms with Crippen molar-refractivity contribution >= 4 is 5.78 Å². The highest BCUT2D eigenvalue weighted by Crippen LogP contribution is 2.20. The zero-order chi connectivity index (χ0) is 12.7. The highest BCUT2D eigenvalue weighted by Gasteiger charge is 2.08. The molecule has 0 saturated carbocycles. The Morgan fingerprint density at radius 1 is 1.29 bits per heavy atom. The molecule has 0 aliphatic rings. The van der Waals surface area contributed by atoms with Crippen molar-refractivity contribution in [2.75, 3.05) is 19.8 Å². The van der Waals surface area contributed by atoms with Crippen molar-refractivity contribution in [3.63, 3.8) is 0 Å². The minimum atomic E-state index is 0.0322. The molecule has 0 unspecified atom stereocenters. The maximum atomic E-state index is 11.4. The number of carbonyl (C=O) groups excluding carboxylic acids is 1. The number of rotatable bonds is 7. The third kappa shape index (κ3) is 4.57. The molecule has 0 atom stereocenters. The molecule has 1 rings (SSSR count). The molecule has 0 aliphatic heterocycles. The van der Waals surface area contributed by atoms with Crippen molar-refractivity contribution in [1.29, 1.82) is 0 Å². The fourth-order valence-electron chi connectivity index (χ4n) is 1.53. The van der Waals surface area contributed by atoms with Crippen LogP contribution < -0.4 is 4.74 Å². The molecule has 0 aromatic heterocycles. The summed E-state index contributed by atoms with van der Waals surface area (Å²) in [7, 11) is 0. The van der Waals surface area contributed by atoms with Gasteiger partial charge in [0.25, 0.3) is 0 Å². The summed E-state index contributed by atoms with van der Waals surface area (Å²) in [5.41, 5.74) is 1.74. The van der Waals surface area contributed by atoms with E-state index in [1.165, 1.54) is 0 Å². The summed E-state index contributed by atoms with van der Waals surface area (Å²) in [6.07, 6.45) is 0.832. The van der Waals surface area contributed by atoms with Gasteiger partial charge in [0.05, 0.1) is 12.2 Å². The van der Waals surface area contributed by atoms with Crippen molar-refractivity contribution in [3.05, 3.63) is 29.3 Å². The molecular weight excluding hydrogens is 216 g/mol. The number of hydrogen-bond acceptors (Lipinski definition) is 3. The second kappa shape index (κ2) is 7.07. The van der Waals surface area contributed by atoms with E-state index in [-0.39, 0.29) is 5.78 Å². The van der Waals surface area contributed by atoms with Crippen molar-refractivity contribution in [2.24, 2.45) is 0 Å². The number of Topliss-reactive ketones (excluding diaryl/α,β-unsaturated/α-hetero) is 1. The number of ether oxygens (including phenoxy) is 2. The second-order valence-corrected chi connectivity index (χ2v) is 3.95. The van der Waals surface area contributed by atoms with Crippen LogP contribution in [0.2, 0.25) is 0 Å². The summed E-state index contributed by atoms with van der Waals surface area (Å²) >= 11 is 0. The van der Waals surface area contributed by atoms with Crippen LogP contribution in [0.4, 0.5) is 0 Å². The van der Waals surface area contributed by atoms with Gasteiger partial charge in [0.15, 0.2) is 5.78 Å². The Morgan fingerprint density at radius 3 is 2.71 bits per heavy atom. The van der Waals surface area contributed by atoms with Crippen molar-refractivity contribution in [3.8, 4) is 5.75 Å². The minimum absolute atomic E-state index is 0.0322. The van der Waals surface area contributed by atoms with E-state index in [1.54, 1.807) is 6.92 Å². The van der Waals surface area contributed by atoms with Crippen LogP contribution in [-0.2, 0) is 4.74 Å². The molecule has 17 heavy (non-hydrogen) atoms. The molecule has 0 amide bonds. The van der Waals surface area contributed by atoms with E-state index < -0.39 is 0 Å². The maximum absolute atomic E-state index is 11.4. The summed E-state index contributed by atoms with van der Waals surface area (Å²) in [5.74, 6) is 0.707. The number of aryl methyl sites for hydroxylation is 1. The van der Waals surface area contributed by atoms with Gasteiger partial charge in [-0.25, -0.2) is 0 Å². The lowest BCUT2D eigenvalue weighted by Gasteiger charge is -2.10. The molecule has 0 spiro atoms. The number of hydrogen-bond donors (Lipinski definition) is 0. The molecule has 0 aliphatic carbocycles. The van der Waals surface area contributed by atoms with Gasteiger partial charge in [0, 0.05) is 19.6 Å². The van der Waals surface area contributed by atoms with Crippen LogP contribution in [0, 0.1) is 6.92 Å². The Morgan fingerprint density at radius 2 is 2.06 bits per heavy atom. The van der Waals surface area contributed by atoms with Crippen LogP contribution in [0.5, 0.6) is 5.75 Å². The van der Waals surface area contributed by atoms with Gasteiger partial charge in [-0.05, 0) is 38.5 Å². The number of ketones is 1. The molecule has 0 heterocycles. The van der Waals surface area contributed by atoms with Crippen molar-refractivity contribution in [1.82, 2.24) is 0 Å². The molecule has 0 saturated heterocycles. The molecule has 0 N–H and O–H groups in total. The van der Waals surface area contributed by atoms with Gasteiger partial charge >= 0.3 is 0 Å². The highest BCUT2D eigenvalue weighted by atomic mass is 16.5. The minimum Gasteiger partial charge on any atom is -0.493 e. The van der Waals surface area contributed by atoms with Crippen LogP contribution in [-0.4, -0.2) is 25.6 Å². The molecule has 0 fully saturated rings. The lowest BCUT2D eigenvalue weighted by molar-refractivity contribution is 0.101. The first-order valence-corrected chi connectivity index (χ1v) is 5.97. The van der Waals surface area contributed by atoms with Crippen LogP contribution >= 0.6 is 0 Å². The van der Waals surface area contributed by atoms with E-state index in [1.807, 2.05) is 32.0 Å². The van der Waals surface area contributed by atoms with Crippen molar-refractivity contribution in [2.45, 2.75) is 27.2 Å². The Labute approximate surface area is 103 Å². The third-order valence-electron chi connectivity index (χ3n) is 2.41. The molecule has 94 valence electrons. The van der Waals surface area contributed by atoms with E-state index in [0.717, 1.165) is 18.6 Å². The van der Waals surface area contributed by atoms with Gasteiger partial charge in [-0.15, -0.1) is 0 Å². The normalized spacial score (nSPS) is 10.3. The van der Waals surface area contributed by atoms with Gasteiger partial charge in [-0.3, -0.25) is 4.79 Å². The summed E-state index contributed by atoms with van der Waals surface area (Å²) in [6, 6.07) is 5.64. The second-order valence-electron chi connectivity index (χ2n) is 3.95. The largest absolute Gasteiger partial charge is 0.493 e. The summed E-state index contributed by atoms with van der Waals surface area (Å²) < 4.78 is 10.9. The van der Waals surface area contributed by atoms with E-state index in [4.69, 9.17) is 9.47 Å². The predicted octanol–water partition coefficient (Wildman–Crippen LogP) is 3.00. The first-order chi connectivity index (χ1) is 8.15. The average molecular weight is 236 g/mol. The monoisotopic (exact) mass is 236 g/mol. The zero-order valence-electron chi connectivity index (χ0n) is 10.8. The Bertz CT molecular complexity index is 372. The lowest BCUT2D eigenvalue weighted by Crippen LogP contribution is -2.06. The average Bonchev–Trinajstić information content (AvgIpc) is 2.28. The Balaban J connectivity index is 2.56. The van der Waals surface area contributed by atoms with Gasteiger partial charge in [-0.1, -0.05) is 6.07 Å². The first-order valence-electron chi connectivity index (χ1n) is 5.97. The van der Waals surface area contributed by atoms with Gasteiger partial charge < -0.3 is 9.47 Å². The van der Waals surface area contributed by atoms with Crippen LogP contribution in [0.15, 0.2) is 18.2 Å². The predicted molar refractivity (Wildman–Crippen MR) is 67.8 cm³/mol. The first kappa shape index (κ1) is 13.7. The van der Waals surface area contributed by atoms with E-state index in [9.17, 15) is 4.79 Å². The molecule has 3 nitrogen and oxygen atoms in total. The summed E-state index contributed by atoms with van der Waals surface area (Å²) in [6.45, 7) is 7.49. The third-order valence-corrected chi connectivity index (χ3v) is 2.41. The lowest BCUT2D eigenvalue weighted by atomic mass is 10.1. The maximum Gasteiger partial charge on any atom is 0.163 e. The van der Waals surface area contributed by atoms with E-state index in [0.29, 0.717) is 24.5 Å². The highest BCUT2D eigenvalue weighted by molar-refractivity contribution is 5.96. The summed E-state index contributed by atoms with van der Waals surface area (Å²) in [5, 5.41) is 0. The fraction of sp³-hybridized carbons (Fsp3) is 0.500. The molecule has 0 bridgehead atoms. The molecule has 1 aromatic rings. The van der Waals surface area contributed by atoms with E-state index in [2.05, 4.69) is 0 Å². The van der Waals surface area contributed by atoms with E-state index >= 15 is 0 Å². The Kier molecular flexibility index (Phi) is 5.70. The number of carbonyl (C=O) groups is 1. The van der Waals surface area contributed by atoms with Crippen molar-refractivity contribution < 1.29 is 14.3 Å². The topological polar surface area (TPSA) is 35.5 Å². The van der Waals surface area contributed by atoms with Gasteiger partial charge in [-0.2, -0.15) is 0 Å². The smallest absolute Gasteiger partial charge is 0.163 e. The molecule has 3 heteroatoms. The summed E-state index contributed by atoms with van der Waals surface area (Å²) in [4.78, 5) is 11.4. The van der Waals surface area contributed by atoms with Gasteiger partial charge in [0.1, 0.15) is 5.75 Å². The fourth-order valence-corrected chi connectivity index (χ4v) is 1.53. The molecular formula is C14H20O3. The quantitative estimate of drug-likeness (QED) is 0.539. The van der Waals surface area contributed by atoms with Gasteiger partial charge in [0.2, 0.25) is 0 Å². The Hall–Kier alpha value is -1.35.